The lowest BCUT2D eigenvalue weighted by Gasteiger charge is -2.12. The minimum atomic E-state index is -0.294. The van der Waals surface area contributed by atoms with Crippen LogP contribution in [0.1, 0.15) is 26.7 Å². The SMILES string of the molecule is CC(C)Cn1ncc(NCCNC(=O)C2CC2)c(Cl)c1=O. The van der Waals surface area contributed by atoms with Crippen LogP contribution >= 0.6 is 11.6 Å². The number of amides is 1. The van der Waals surface area contributed by atoms with Crippen LogP contribution in [0.25, 0.3) is 0 Å². The van der Waals surface area contributed by atoms with Gasteiger partial charge in [0.15, 0.2) is 0 Å². The first-order valence-electron chi connectivity index (χ1n) is 7.26. The predicted octanol–water partition coefficient (Wildman–Crippen LogP) is 1.49. The number of anilines is 1. The molecule has 1 aromatic heterocycles. The number of carbonyl (C=O) groups excluding carboxylic acids is 1. The van der Waals surface area contributed by atoms with Gasteiger partial charge in [-0.3, -0.25) is 9.59 Å². The maximum absolute atomic E-state index is 12.0. The normalized spacial score (nSPS) is 14.3. The van der Waals surface area contributed by atoms with Gasteiger partial charge in [0.25, 0.3) is 5.56 Å². The molecule has 0 saturated heterocycles. The summed E-state index contributed by atoms with van der Waals surface area (Å²) in [7, 11) is 0. The minimum absolute atomic E-state index is 0.105. The molecule has 1 aliphatic carbocycles. The Labute approximate surface area is 128 Å². The fourth-order valence-electron chi connectivity index (χ4n) is 1.94. The molecule has 0 aromatic carbocycles. The van der Waals surface area contributed by atoms with Crippen LogP contribution < -0.4 is 16.2 Å². The van der Waals surface area contributed by atoms with Gasteiger partial charge in [0.2, 0.25) is 5.91 Å². The number of aromatic nitrogens is 2. The van der Waals surface area contributed by atoms with E-state index in [4.69, 9.17) is 11.6 Å². The molecule has 0 aliphatic heterocycles. The second-order valence-corrected chi connectivity index (χ2v) is 6.12. The predicted molar refractivity (Wildman–Crippen MR) is 82.6 cm³/mol. The fraction of sp³-hybridized carbons (Fsp3) is 0.643. The van der Waals surface area contributed by atoms with E-state index in [1.807, 2.05) is 13.8 Å². The van der Waals surface area contributed by atoms with Crippen molar-refractivity contribution in [2.75, 3.05) is 18.4 Å². The van der Waals surface area contributed by atoms with E-state index >= 15 is 0 Å². The molecule has 0 unspecified atom stereocenters. The highest BCUT2D eigenvalue weighted by molar-refractivity contribution is 6.32. The second kappa shape index (κ2) is 6.93. The molecule has 1 amide bonds. The maximum atomic E-state index is 12.0. The van der Waals surface area contributed by atoms with Gasteiger partial charge >= 0.3 is 0 Å². The highest BCUT2D eigenvalue weighted by Gasteiger charge is 2.28. The summed E-state index contributed by atoms with van der Waals surface area (Å²) >= 11 is 6.06. The van der Waals surface area contributed by atoms with E-state index in [1.54, 1.807) is 6.20 Å². The number of hydrogen-bond acceptors (Lipinski definition) is 4. The van der Waals surface area contributed by atoms with Crippen LogP contribution in [0.15, 0.2) is 11.0 Å². The van der Waals surface area contributed by atoms with E-state index in [2.05, 4.69) is 15.7 Å². The molecule has 0 atom stereocenters. The highest BCUT2D eigenvalue weighted by atomic mass is 35.5. The number of rotatable bonds is 7. The minimum Gasteiger partial charge on any atom is -0.381 e. The molecule has 1 fully saturated rings. The molecule has 7 heteroatoms. The summed E-state index contributed by atoms with van der Waals surface area (Å²) in [5, 5.41) is 10.1. The number of nitrogens with zero attached hydrogens (tertiary/aromatic N) is 2. The van der Waals surface area contributed by atoms with Crippen LogP contribution in [-0.4, -0.2) is 28.8 Å². The van der Waals surface area contributed by atoms with E-state index in [9.17, 15) is 9.59 Å². The third kappa shape index (κ3) is 4.46. The Morgan fingerprint density at radius 3 is 2.81 bits per heavy atom. The molecule has 116 valence electrons. The molecule has 2 N–H and O–H groups in total. The molecule has 1 saturated carbocycles. The first kappa shape index (κ1) is 15.8. The standard InChI is InChI=1S/C14H21ClN4O2/c1-9(2)8-19-14(21)12(15)11(7-18-19)16-5-6-17-13(20)10-3-4-10/h7,9-10,16H,3-6,8H2,1-2H3,(H,17,20). The summed E-state index contributed by atoms with van der Waals surface area (Å²) in [6.07, 6.45) is 3.53. The van der Waals surface area contributed by atoms with Crippen molar-refractivity contribution in [3.63, 3.8) is 0 Å². The van der Waals surface area contributed by atoms with Crippen molar-refractivity contribution >= 4 is 23.2 Å². The topological polar surface area (TPSA) is 76.0 Å². The molecule has 0 bridgehead atoms. The molecule has 6 nitrogen and oxygen atoms in total. The lowest BCUT2D eigenvalue weighted by atomic mass is 10.2. The Hall–Kier alpha value is -1.56. The first-order valence-corrected chi connectivity index (χ1v) is 7.64. The Kier molecular flexibility index (Phi) is 5.22. The zero-order chi connectivity index (χ0) is 15.4. The summed E-state index contributed by atoms with van der Waals surface area (Å²) in [4.78, 5) is 23.5. The summed E-state index contributed by atoms with van der Waals surface area (Å²) in [6.45, 7) is 5.57. The van der Waals surface area contributed by atoms with Crippen molar-refractivity contribution in [1.82, 2.24) is 15.1 Å². The van der Waals surface area contributed by atoms with E-state index in [-0.39, 0.29) is 22.4 Å². The van der Waals surface area contributed by atoms with E-state index < -0.39 is 0 Å². The molecule has 1 aliphatic rings. The van der Waals surface area contributed by atoms with Gasteiger partial charge in [0.1, 0.15) is 5.02 Å². The van der Waals surface area contributed by atoms with Crippen molar-refractivity contribution < 1.29 is 4.79 Å². The average molecular weight is 313 g/mol. The lowest BCUT2D eigenvalue weighted by Crippen LogP contribution is -2.31. The number of hydrogen-bond donors (Lipinski definition) is 2. The Morgan fingerprint density at radius 1 is 1.48 bits per heavy atom. The van der Waals surface area contributed by atoms with Gasteiger partial charge in [-0.15, -0.1) is 0 Å². The molecule has 0 spiro atoms. The monoisotopic (exact) mass is 312 g/mol. The Morgan fingerprint density at radius 2 is 2.19 bits per heavy atom. The van der Waals surface area contributed by atoms with Gasteiger partial charge in [0, 0.05) is 25.6 Å². The van der Waals surface area contributed by atoms with Crippen molar-refractivity contribution in [1.29, 1.82) is 0 Å². The largest absolute Gasteiger partial charge is 0.381 e. The molecule has 21 heavy (non-hydrogen) atoms. The van der Waals surface area contributed by atoms with Gasteiger partial charge in [-0.05, 0) is 18.8 Å². The Bertz CT molecular complexity index is 567. The quantitative estimate of drug-likeness (QED) is 0.748. The third-order valence-corrected chi connectivity index (χ3v) is 3.58. The van der Waals surface area contributed by atoms with Gasteiger partial charge < -0.3 is 10.6 Å². The first-order chi connectivity index (χ1) is 9.99. The fourth-order valence-corrected chi connectivity index (χ4v) is 2.15. The van der Waals surface area contributed by atoms with Gasteiger partial charge in [0.05, 0.1) is 11.9 Å². The molecular weight excluding hydrogens is 292 g/mol. The van der Waals surface area contributed by atoms with Crippen LogP contribution in [0.3, 0.4) is 0 Å². The van der Waals surface area contributed by atoms with E-state index in [1.165, 1.54) is 4.68 Å². The van der Waals surface area contributed by atoms with Crippen LogP contribution in [0, 0.1) is 11.8 Å². The zero-order valence-electron chi connectivity index (χ0n) is 12.4. The summed E-state index contributed by atoms with van der Waals surface area (Å²) < 4.78 is 1.37. The molecule has 2 rings (SSSR count). The maximum Gasteiger partial charge on any atom is 0.287 e. The number of halogens is 1. The summed E-state index contributed by atoms with van der Waals surface area (Å²) in [6, 6.07) is 0. The smallest absolute Gasteiger partial charge is 0.287 e. The van der Waals surface area contributed by atoms with Crippen LogP contribution in [0.4, 0.5) is 5.69 Å². The Balaban J connectivity index is 1.86. The van der Waals surface area contributed by atoms with Crippen molar-refractivity contribution in [3.8, 4) is 0 Å². The van der Waals surface area contributed by atoms with E-state index in [0.717, 1.165) is 12.8 Å². The second-order valence-electron chi connectivity index (χ2n) is 5.75. The summed E-state index contributed by atoms with van der Waals surface area (Å²) in [5.74, 6) is 0.631. The lowest BCUT2D eigenvalue weighted by molar-refractivity contribution is -0.122. The van der Waals surface area contributed by atoms with Gasteiger partial charge in [-0.25, -0.2) is 4.68 Å². The van der Waals surface area contributed by atoms with E-state index in [0.29, 0.717) is 31.2 Å². The highest BCUT2D eigenvalue weighted by Crippen LogP contribution is 2.28. The molecule has 1 heterocycles. The zero-order valence-corrected chi connectivity index (χ0v) is 13.1. The van der Waals surface area contributed by atoms with Crippen LogP contribution in [-0.2, 0) is 11.3 Å². The average Bonchev–Trinajstić information content (AvgIpc) is 3.26. The molecule has 1 aromatic rings. The molecular formula is C14H21ClN4O2. The van der Waals surface area contributed by atoms with Crippen molar-refractivity contribution in [3.05, 3.63) is 21.6 Å². The van der Waals surface area contributed by atoms with Crippen LogP contribution in [0.5, 0.6) is 0 Å². The molecule has 0 radical (unpaired) electrons. The van der Waals surface area contributed by atoms with Gasteiger partial charge in [-0.2, -0.15) is 5.10 Å². The number of carbonyl (C=O) groups is 1. The van der Waals surface area contributed by atoms with Crippen molar-refractivity contribution in [2.45, 2.75) is 33.2 Å². The van der Waals surface area contributed by atoms with Crippen LogP contribution in [0.2, 0.25) is 5.02 Å². The third-order valence-electron chi connectivity index (χ3n) is 3.21. The number of nitrogens with one attached hydrogen (secondary N) is 2. The summed E-state index contributed by atoms with van der Waals surface area (Å²) in [5.41, 5.74) is 0.208. The van der Waals surface area contributed by atoms with Crippen molar-refractivity contribution in [2.24, 2.45) is 11.8 Å². The van der Waals surface area contributed by atoms with Gasteiger partial charge in [-0.1, -0.05) is 25.4 Å².